The number of pyridine rings is 1. The Morgan fingerprint density at radius 1 is 1.31 bits per heavy atom. The van der Waals surface area contributed by atoms with E-state index in [9.17, 15) is 4.79 Å². The van der Waals surface area contributed by atoms with Crippen LogP contribution in [-0.2, 0) is 6.42 Å². The maximum Gasteiger partial charge on any atom is 0.254 e. The summed E-state index contributed by atoms with van der Waals surface area (Å²) >= 11 is 4.65. The van der Waals surface area contributed by atoms with Gasteiger partial charge in [-0.05, 0) is 29.8 Å². The first-order chi connectivity index (χ1) is 12.8. The van der Waals surface area contributed by atoms with E-state index in [1.165, 1.54) is 11.8 Å². The molecule has 132 valence electrons. The molecular weight excluding hydrogens is 386 g/mol. The fourth-order valence-corrected chi connectivity index (χ4v) is 4.59. The molecule has 4 aromatic heterocycles. The minimum absolute atomic E-state index is 0.105. The zero-order valence-electron chi connectivity index (χ0n) is 13.9. The van der Waals surface area contributed by atoms with Gasteiger partial charge < -0.3 is 5.32 Å². The first kappa shape index (κ1) is 17.2. The highest BCUT2D eigenvalue weighted by molar-refractivity contribution is 7.98. The average molecular weight is 402 g/mol. The Morgan fingerprint density at radius 2 is 2.23 bits per heavy atom. The van der Waals surface area contributed by atoms with Crippen molar-refractivity contribution in [1.82, 2.24) is 24.9 Å². The van der Waals surface area contributed by atoms with E-state index < -0.39 is 0 Å². The molecule has 6 nitrogen and oxygen atoms in total. The number of thiazole rings is 1. The molecule has 0 bridgehead atoms. The summed E-state index contributed by atoms with van der Waals surface area (Å²) < 4.78 is 1.86. The maximum atomic E-state index is 12.4. The predicted molar refractivity (Wildman–Crippen MR) is 106 cm³/mol. The summed E-state index contributed by atoms with van der Waals surface area (Å²) in [5.74, 6) is 0.642. The molecule has 26 heavy (non-hydrogen) atoms. The SMILES string of the molecule is CSc1ncccc1C(=O)NCCc1csc2nc(-c3cccs3)nn12. The topological polar surface area (TPSA) is 72.2 Å². The number of hydrogen-bond donors (Lipinski definition) is 1. The lowest BCUT2D eigenvalue weighted by atomic mass is 10.2. The second-order valence-corrected chi connectivity index (χ2v) is 7.98. The van der Waals surface area contributed by atoms with Gasteiger partial charge in [0.05, 0.1) is 16.1 Å². The van der Waals surface area contributed by atoms with Crippen LogP contribution in [0.25, 0.3) is 15.7 Å². The average Bonchev–Trinajstić information content (AvgIpc) is 3.39. The van der Waals surface area contributed by atoms with Gasteiger partial charge in [-0.25, -0.2) is 9.50 Å². The van der Waals surface area contributed by atoms with Crippen LogP contribution >= 0.6 is 34.4 Å². The molecule has 0 radical (unpaired) electrons. The number of hydrogen-bond acceptors (Lipinski definition) is 7. The van der Waals surface area contributed by atoms with E-state index in [0.717, 1.165) is 26.4 Å². The van der Waals surface area contributed by atoms with Crippen molar-refractivity contribution >= 4 is 45.3 Å². The van der Waals surface area contributed by atoms with Gasteiger partial charge in [0.15, 0.2) is 5.82 Å². The number of carbonyl (C=O) groups excluding carboxylic acids is 1. The van der Waals surface area contributed by atoms with Crippen LogP contribution in [0, 0.1) is 0 Å². The van der Waals surface area contributed by atoms with Crippen LogP contribution in [0.15, 0.2) is 46.2 Å². The van der Waals surface area contributed by atoms with Crippen LogP contribution in [0.4, 0.5) is 0 Å². The van der Waals surface area contributed by atoms with E-state index in [-0.39, 0.29) is 5.91 Å². The third kappa shape index (κ3) is 3.37. The fourth-order valence-electron chi connectivity index (χ4n) is 2.53. The number of fused-ring (bicyclic) bond motifs is 1. The summed E-state index contributed by atoms with van der Waals surface area (Å²) in [7, 11) is 0. The summed E-state index contributed by atoms with van der Waals surface area (Å²) in [4.78, 5) is 23.1. The molecule has 9 heteroatoms. The van der Waals surface area contributed by atoms with Gasteiger partial charge in [-0.3, -0.25) is 4.79 Å². The highest BCUT2D eigenvalue weighted by atomic mass is 32.2. The third-order valence-electron chi connectivity index (χ3n) is 3.77. The van der Waals surface area contributed by atoms with Gasteiger partial charge in [0.25, 0.3) is 5.91 Å². The lowest BCUT2D eigenvalue weighted by Crippen LogP contribution is -2.26. The van der Waals surface area contributed by atoms with Gasteiger partial charge in [0, 0.05) is 24.5 Å². The fraction of sp³-hybridized carbons (Fsp3) is 0.176. The van der Waals surface area contributed by atoms with Gasteiger partial charge in [-0.1, -0.05) is 6.07 Å². The number of carbonyl (C=O) groups is 1. The van der Waals surface area contributed by atoms with E-state index in [1.807, 2.05) is 33.7 Å². The molecule has 1 amide bonds. The van der Waals surface area contributed by atoms with E-state index in [0.29, 0.717) is 18.5 Å². The second kappa shape index (κ2) is 7.56. The highest BCUT2D eigenvalue weighted by Crippen LogP contribution is 2.24. The first-order valence-electron chi connectivity index (χ1n) is 7.90. The molecule has 0 saturated heterocycles. The second-order valence-electron chi connectivity index (χ2n) is 5.40. The molecule has 0 spiro atoms. The summed E-state index contributed by atoms with van der Waals surface area (Å²) in [6.45, 7) is 0.529. The molecule has 0 aliphatic rings. The van der Waals surface area contributed by atoms with Crippen molar-refractivity contribution in [2.75, 3.05) is 12.8 Å². The predicted octanol–water partition coefficient (Wildman–Crippen LogP) is 3.61. The smallest absolute Gasteiger partial charge is 0.254 e. The monoisotopic (exact) mass is 401 g/mol. The molecule has 0 aromatic carbocycles. The Bertz CT molecular complexity index is 1040. The van der Waals surface area contributed by atoms with Crippen LogP contribution in [0.5, 0.6) is 0 Å². The molecule has 0 atom stereocenters. The number of thioether (sulfide) groups is 1. The summed E-state index contributed by atoms with van der Waals surface area (Å²) in [6.07, 6.45) is 4.30. The standard InChI is InChI=1S/C17H15N5OS3/c1-24-16-12(4-2-7-19-16)15(23)18-8-6-11-10-26-17-20-14(21-22(11)17)13-5-3-9-25-13/h2-5,7,9-10H,6,8H2,1H3,(H,18,23). The molecule has 0 unspecified atom stereocenters. The molecule has 4 aromatic rings. The van der Waals surface area contributed by atoms with Gasteiger partial charge in [0.2, 0.25) is 4.96 Å². The molecule has 0 aliphatic heterocycles. The van der Waals surface area contributed by atoms with Gasteiger partial charge >= 0.3 is 0 Å². The zero-order valence-corrected chi connectivity index (χ0v) is 16.3. The molecule has 1 N–H and O–H groups in total. The van der Waals surface area contributed by atoms with Crippen LogP contribution < -0.4 is 5.32 Å². The Labute approximate surface area is 162 Å². The summed E-state index contributed by atoms with van der Waals surface area (Å²) in [5, 5.41) is 12.4. The van der Waals surface area contributed by atoms with Crippen LogP contribution in [0.3, 0.4) is 0 Å². The van der Waals surface area contributed by atoms with Gasteiger partial charge in [-0.2, -0.15) is 4.98 Å². The van der Waals surface area contributed by atoms with Crippen molar-refractivity contribution in [3.05, 3.63) is 52.5 Å². The number of nitrogens with one attached hydrogen (secondary N) is 1. The molecule has 0 fully saturated rings. The summed E-state index contributed by atoms with van der Waals surface area (Å²) in [5.41, 5.74) is 1.65. The van der Waals surface area contributed by atoms with Crippen molar-refractivity contribution in [3.8, 4) is 10.7 Å². The Balaban J connectivity index is 1.44. The lowest BCUT2D eigenvalue weighted by Gasteiger charge is -2.07. The quantitative estimate of drug-likeness (QED) is 0.500. The number of nitrogens with zero attached hydrogens (tertiary/aromatic N) is 4. The lowest BCUT2D eigenvalue weighted by molar-refractivity contribution is 0.0950. The number of thiophene rings is 1. The number of aromatic nitrogens is 4. The van der Waals surface area contributed by atoms with Crippen molar-refractivity contribution in [1.29, 1.82) is 0 Å². The molecule has 4 rings (SSSR count). The molecule has 4 heterocycles. The van der Waals surface area contributed by atoms with Crippen LogP contribution in [-0.4, -0.2) is 38.3 Å². The molecule has 0 aliphatic carbocycles. The first-order valence-corrected chi connectivity index (χ1v) is 10.9. The van der Waals surface area contributed by atoms with E-state index >= 15 is 0 Å². The van der Waals surface area contributed by atoms with Crippen molar-refractivity contribution in [2.24, 2.45) is 0 Å². The van der Waals surface area contributed by atoms with Crippen molar-refractivity contribution < 1.29 is 4.79 Å². The van der Waals surface area contributed by atoms with E-state index in [1.54, 1.807) is 41.0 Å². The van der Waals surface area contributed by atoms with Gasteiger partial charge in [-0.15, -0.1) is 39.5 Å². The Kier molecular flexibility index (Phi) is 5.00. The largest absolute Gasteiger partial charge is 0.352 e. The van der Waals surface area contributed by atoms with E-state index in [4.69, 9.17) is 0 Å². The minimum atomic E-state index is -0.105. The number of rotatable bonds is 6. The Hall–Kier alpha value is -2.23. The zero-order chi connectivity index (χ0) is 17.9. The third-order valence-corrected chi connectivity index (χ3v) is 6.21. The molecular formula is C17H15N5OS3. The molecule has 0 saturated carbocycles. The van der Waals surface area contributed by atoms with Crippen LogP contribution in [0.2, 0.25) is 0 Å². The number of amides is 1. The maximum absolute atomic E-state index is 12.4. The normalized spacial score (nSPS) is 11.1. The van der Waals surface area contributed by atoms with Crippen molar-refractivity contribution in [2.45, 2.75) is 11.4 Å². The van der Waals surface area contributed by atoms with E-state index in [2.05, 4.69) is 20.4 Å². The highest BCUT2D eigenvalue weighted by Gasteiger charge is 2.14. The Morgan fingerprint density at radius 3 is 3.04 bits per heavy atom. The minimum Gasteiger partial charge on any atom is -0.352 e. The van der Waals surface area contributed by atoms with Crippen LogP contribution in [0.1, 0.15) is 16.1 Å². The van der Waals surface area contributed by atoms with Gasteiger partial charge in [0.1, 0.15) is 5.03 Å². The summed E-state index contributed by atoms with van der Waals surface area (Å²) in [6, 6.07) is 7.58. The van der Waals surface area contributed by atoms with Crippen molar-refractivity contribution in [3.63, 3.8) is 0 Å².